The molecule has 0 fully saturated rings. The number of para-hydroxylation sites is 2. The van der Waals surface area contributed by atoms with Gasteiger partial charge in [-0.3, -0.25) is 14.5 Å². The zero-order chi connectivity index (χ0) is 17.9. The fraction of sp³-hybridized carbons (Fsp3) is 0.250. The summed E-state index contributed by atoms with van der Waals surface area (Å²) >= 11 is 1.81. The van der Waals surface area contributed by atoms with Crippen molar-refractivity contribution in [3.05, 3.63) is 65.5 Å². The number of imide groups is 1. The van der Waals surface area contributed by atoms with E-state index in [2.05, 4.69) is 9.97 Å². The van der Waals surface area contributed by atoms with E-state index in [4.69, 9.17) is 0 Å². The molecule has 26 heavy (non-hydrogen) atoms. The summed E-state index contributed by atoms with van der Waals surface area (Å²) in [6.07, 6.45) is 1.77. The summed E-state index contributed by atoms with van der Waals surface area (Å²) in [7, 11) is 0. The molecule has 2 heterocycles. The molecule has 0 spiro atoms. The molecule has 0 bridgehead atoms. The minimum Gasteiger partial charge on any atom is -0.341 e. The van der Waals surface area contributed by atoms with Gasteiger partial charge in [0.05, 0.1) is 27.9 Å². The quantitative estimate of drug-likeness (QED) is 0.510. The van der Waals surface area contributed by atoms with Crippen LogP contribution in [0.2, 0.25) is 0 Å². The Kier molecular flexibility index (Phi) is 4.75. The number of H-pyrrole nitrogens is 1. The van der Waals surface area contributed by atoms with Crippen LogP contribution in [0, 0.1) is 0 Å². The van der Waals surface area contributed by atoms with Crippen molar-refractivity contribution < 1.29 is 9.59 Å². The molecule has 1 aliphatic heterocycles. The number of rotatable bonds is 7. The number of aromatic amines is 1. The second-order valence-corrected chi connectivity index (χ2v) is 7.37. The predicted molar refractivity (Wildman–Crippen MR) is 103 cm³/mol. The van der Waals surface area contributed by atoms with Gasteiger partial charge in [0, 0.05) is 6.54 Å². The number of nitrogens with one attached hydrogen (secondary N) is 1. The summed E-state index contributed by atoms with van der Waals surface area (Å²) in [5.74, 6) is 2.46. The second kappa shape index (κ2) is 7.33. The number of aromatic nitrogens is 2. The van der Waals surface area contributed by atoms with Crippen LogP contribution in [-0.4, -0.2) is 39.0 Å². The standard InChI is InChI=1S/C20H19N3O2S/c24-19-14-7-1-2-8-15(14)20(25)23(19)11-5-6-12-26-13-18-21-16-9-3-4-10-17(16)22-18/h1-4,7-10H,5-6,11-13H2,(H,21,22). The molecule has 2 aromatic carbocycles. The summed E-state index contributed by atoms with van der Waals surface area (Å²) in [6.45, 7) is 0.484. The van der Waals surface area contributed by atoms with Crippen molar-refractivity contribution in [3.63, 3.8) is 0 Å². The lowest BCUT2D eigenvalue weighted by Crippen LogP contribution is -2.30. The van der Waals surface area contributed by atoms with E-state index < -0.39 is 0 Å². The average Bonchev–Trinajstić information content (AvgIpc) is 3.18. The maximum absolute atomic E-state index is 12.3. The number of benzene rings is 2. The maximum atomic E-state index is 12.3. The first-order valence-electron chi connectivity index (χ1n) is 8.70. The van der Waals surface area contributed by atoms with Crippen molar-refractivity contribution in [2.24, 2.45) is 0 Å². The predicted octanol–water partition coefficient (Wildman–Crippen LogP) is 3.87. The van der Waals surface area contributed by atoms with Gasteiger partial charge in [-0.25, -0.2) is 4.98 Å². The normalized spacial score (nSPS) is 13.6. The number of hydrogen-bond acceptors (Lipinski definition) is 4. The Morgan fingerprint density at radius 3 is 2.35 bits per heavy atom. The lowest BCUT2D eigenvalue weighted by atomic mass is 10.1. The van der Waals surface area contributed by atoms with Gasteiger partial charge < -0.3 is 4.98 Å². The molecule has 5 nitrogen and oxygen atoms in total. The summed E-state index contributed by atoms with van der Waals surface area (Å²) in [5, 5.41) is 0. The molecule has 3 aromatic rings. The Morgan fingerprint density at radius 2 is 1.62 bits per heavy atom. The average molecular weight is 365 g/mol. The molecule has 1 N–H and O–H groups in total. The Morgan fingerprint density at radius 1 is 0.923 bits per heavy atom. The number of imidazole rings is 1. The highest BCUT2D eigenvalue weighted by atomic mass is 32.2. The van der Waals surface area contributed by atoms with Crippen LogP contribution in [0.5, 0.6) is 0 Å². The van der Waals surface area contributed by atoms with Gasteiger partial charge in [0.1, 0.15) is 5.82 Å². The van der Waals surface area contributed by atoms with Gasteiger partial charge >= 0.3 is 0 Å². The third-order valence-electron chi connectivity index (χ3n) is 4.48. The van der Waals surface area contributed by atoms with Gasteiger partial charge in [0.25, 0.3) is 11.8 Å². The molecule has 0 unspecified atom stereocenters. The Labute approximate surface area is 155 Å². The molecule has 0 aliphatic carbocycles. The van der Waals surface area contributed by atoms with Crippen molar-refractivity contribution in [3.8, 4) is 0 Å². The van der Waals surface area contributed by atoms with E-state index in [0.717, 1.165) is 41.2 Å². The molecular formula is C20H19N3O2S. The summed E-state index contributed by atoms with van der Waals surface area (Å²) < 4.78 is 0. The molecule has 6 heteroatoms. The molecule has 132 valence electrons. The number of carbonyl (C=O) groups excluding carboxylic acids is 2. The molecular weight excluding hydrogens is 346 g/mol. The Bertz CT molecular complexity index is 898. The van der Waals surface area contributed by atoms with E-state index in [1.54, 1.807) is 24.3 Å². The van der Waals surface area contributed by atoms with E-state index in [0.29, 0.717) is 17.7 Å². The summed E-state index contributed by atoms with van der Waals surface area (Å²) in [6, 6.07) is 15.0. The van der Waals surface area contributed by atoms with Crippen LogP contribution in [0.1, 0.15) is 39.4 Å². The highest BCUT2D eigenvalue weighted by Gasteiger charge is 2.34. The maximum Gasteiger partial charge on any atom is 0.261 e. The smallest absolute Gasteiger partial charge is 0.261 e. The number of amides is 2. The summed E-state index contributed by atoms with van der Waals surface area (Å²) in [4.78, 5) is 33.8. The SMILES string of the molecule is O=C1c2ccccc2C(=O)N1CCCCSCc1nc2ccccc2[nH]1. The first kappa shape index (κ1) is 16.8. The fourth-order valence-corrected chi connectivity index (χ4v) is 4.04. The van der Waals surface area contributed by atoms with Crippen LogP contribution in [0.4, 0.5) is 0 Å². The highest BCUT2D eigenvalue weighted by Crippen LogP contribution is 2.23. The second-order valence-electron chi connectivity index (χ2n) is 6.27. The molecule has 4 rings (SSSR count). The summed E-state index contributed by atoms with van der Waals surface area (Å²) in [5.41, 5.74) is 3.11. The van der Waals surface area contributed by atoms with E-state index in [-0.39, 0.29) is 11.8 Å². The molecule has 1 aromatic heterocycles. The first-order valence-corrected chi connectivity index (χ1v) is 9.86. The number of thioether (sulfide) groups is 1. The van der Waals surface area contributed by atoms with Crippen molar-refractivity contribution in [1.82, 2.24) is 14.9 Å². The number of unbranched alkanes of at least 4 members (excludes halogenated alkanes) is 1. The number of carbonyl (C=O) groups is 2. The third-order valence-corrected chi connectivity index (χ3v) is 5.53. The van der Waals surface area contributed by atoms with Gasteiger partial charge in [0.2, 0.25) is 0 Å². The van der Waals surface area contributed by atoms with Crippen LogP contribution in [0.3, 0.4) is 0 Å². The lowest BCUT2D eigenvalue weighted by Gasteiger charge is -2.13. The zero-order valence-electron chi connectivity index (χ0n) is 14.3. The van der Waals surface area contributed by atoms with Crippen molar-refractivity contribution in [1.29, 1.82) is 0 Å². The van der Waals surface area contributed by atoms with Gasteiger partial charge in [-0.05, 0) is 42.9 Å². The number of fused-ring (bicyclic) bond motifs is 2. The van der Waals surface area contributed by atoms with Gasteiger partial charge in [0.15, 0.2) is 0 Å². The van der Waals surface area contributed by atoms with E-state index in [9.17, 15) is 9.59 Å². The van der Waals surface area contributed by atoms with E-state index in [1.165, 1.54) is 4.90 Å². The third kappa shape index (κ3) is 3.24. The zero-order valence-corrected chi connectivity index (χ0v) is 15.1. The van der Waals surface area contributed by atoms with E-state index >= 15 is 0 Å². The van der Waals surface area contributed by atoms with Gasteiger partial charge in [-0.2, -0.15) is 11.8 Å². The van der Waals surface area contributed by atoms with Crippen molar-refractivity contribution in [2.75, 3.05) is 12.3 Å². The molecule has 0 radical (unpaired) electrons. The topological polar surface area (TPSA) is 66.1 Å². The van der Waals surface area contributed by atoms with Crippen LogP contribution in [0.15, 0.2) is 48.5 Å². The van der Waals surface area contributed by atoms with Crippen LogP contribution in [0.25, 0.3) is 11.0 Å². The molecule has 1 aliphatic rings. The van der Waals surface area contributed by atoms with Crippen LogP contribution < -0.4 is 0 Å². The minimum atomic E-state index is -0.166. The lowest BCUT2D eigenvalue weighted by molar-refractivity contribution is 0.0652. The molecule has 2 amide bonds. The number of hydrogen-bond donors (Lipinski definition) is 1. The largest absolute Gasteiger partial charge is 0.341 e. The van der Waals surface area contributed by atoms with Crippen LogP contribution >= 0.6 is 11.8 Å². The van der Waals surface area contributed by atoms with Gasteiger partial charge in [-0.1, -0.05) is 24.3 Å². The first-order chi connectivity index (χ1) is 12.7. The monoisotopic (exact) mass is 365 g/mol. The Balaban J connectivity index is 1.21. The van der Waals surface area contributed by atoms with Crippen molar-refractivity contribution >= 4 is 34.6 Å². The fourth-order valence-electron chi connectivity index (χ4n) is 3.16. The minimum absolute atomic E-state index is 0.166. The number of nitrogens with zero attached hydrogens (tertiary/aromatic N) is 2. The highest BCUT2D eigenvalue weighted by molar-refractivity contribution is 7.98. The molecule has 0 saturated heterocycles. The van der Waals surface area contributed by atoms with Crippen molar-refractivity contribution in [2.45, 2.75) is 18.6 Å². The van der Waals surface area contributed by atoms with Gasteiger partial charge in [-0.15, -0.1) is 0 Å². The Hall–Kier alpha value is -2.60. The molecule has 0 atom stereocenters. The van der Waals surface area contributed by atoms with Crippen LogP contribution in [-0.2, 0) is 5.75 Å². The van der Waals surface area contributed by atoms with E-state index in [1.807, 2.05) is 36.0 Å². The molecule has 0 saturated carbocycles.